The Balaban J connectivity index is 1.52. The van der Waals surface area contributed by atoms with Crippen LogP contribution in [0.5, 0.6) is 0 Å². The number of nitrogens with zero attached hydrogens (tertiary/aromatic N) is 3. The Morgan fingerprint density at radius 2 is 1.92 bits per heavy atom. The van der Waals surface area contributed by atoms with E-state index in [1.54, 1.807) is 0 Å². The summed E-state index contributed by atoms with van der Waals surface area (Å²) in [7, 11) is 2.09. The van der Waals surface area contributed by atoms with Gasteiger partial charge in [-0.05, 0) is 69.3 Å². The Kier molecular flexibility index (Phi) is 4.32. The summed E-state index contributed by atoms with van der Waals surface area (Å²) in [6.07, 6.45) is 3.88. The van der Waals surface area contributed by atoms with Crippen LogP contribution >= 0.6 is 0 Å². The van der Waals surface area contributed by atoms with Crippen molar-refractivity contribution >= 4 is 16.8 Å². The van der Waals surface area contributed by atoms with Crippen LogP contribution in [-0.4, -0.2) is 53.0 Å². The summed E-state index contributed by atoms with van der Waals surface area (Å²) in [4.78, 5) is 17.7. The highest BCUT2D eigenvalue weighted by Gasteiger charge is 2.26. The molecule has 0 radical (unpaired) electrons. The van der Waals surface area contributed by atoms with Gasteiger partial charge in [0.15, 0.2) is 0 Å². The predicted molar refractivity (Wildman–Crippen MR) is 102 cm³/mol. The van der Waals surface area contributed by atoms with Crippen molar-refractivity contribution in [2.24, 2.45) is 13.0 Å². The van der Waals surface area contributed by atoms with Gasteiger partial charge in [0.25, 0.3) is 5.91 Å². The molecule has 2 heterocycles. The number of aromatic nitrogens is 1. The lowest BCUT2D eigenvalue weighted by Gasteiger charge is -2.22. The molecular weight excluding hydrogens is 310 g/mol. The molecule has 4 rings (SSSR count). The highest BCUT2D eigenvalue weighted by molar-refractivity contribution is 5.99. The van der Waals surface area contributed by atoms with Crippen LogP contribution in [0.4, 0.5) is 0 Å². The Morgan fingerprint density at radius 3 is 2.68 bits per heavy atom. The van der Waals surface area contributed by atoms with Gasteiger partial charge < -0.3 is 14.4 Å². The molecule has 1 aliphatic carbocycles. The van der Waals surface area contributed by atoms with E-state index in [0.717, 1.165) is 44.1 Å². The number of hydrogen-bond acceptors (Lipinski definition) is 2. The predicted octanol–water partition coefficient (Wildman–Crippen LogP) is 3.35. The molecule has 1 amide bonds. The van der Waals surface area contributed by atoms with E-state index < -0.39 is 0 Å². The smallest absolute Gasteiger partial charge is 0.253 e. The SMILES string of the molecule is Cc1c(C)n(C)c2ccc(C(=O)N3CCCN(CC4CC4)CC3)cc12. The second-order valence-electron chi connectivity index (χ2n) is 7.89. The quantitative estimate of drug-likeness (QED) is 0.858. The van der Waals surface area contributed by atoms with Crippen molar-refractivity contribution in [1.82, 2.24) is 14.4 Å². The number of hydrogen-bond donors (Lipinski definition) is 0. The zero-order valence-electron chi connectivity index (χ0n) is 15.7. The Hall–Kier alpha value is -1.81. The standard InChI is InChI=1S/C21H29N3O/c1-15-16(2)22(3)20-8-7-18(13-19(15)20)21(25)24-10-4-9-23(11-12-24)14-17-5-6-17/h7-8,13,17H,4-6,9-12,14H2,1-3H3. The number of carbonyl (C=O) groups is 1. The van der Waals surface area contributed by atoms with Gasteiger partial charge in [0, 0.05) is 55.4 Å². The molecule has 0 atom stereocenters. The average molecular weight is 339 g/mol. The third kappa shape index (κ3) is 3.20. The fourth-order valence-electron chi connectivity index (χ4n) is 4.09. The lowest BCUT2D eigenvalue weighted by Crippen LogP contribution is -2.35. The highest BCUT2D eigenvalue weighted by Crippen LogP contribution is 2.30. The molecule has 134 valence electrons. The van der Waals surface area contributed by atoms with Gasteiger partial charge in [-0.1, -0.05) is 0 Å². The molecule has 4 nitrogen and oxygen atoms in total. The normalized spacial score (nSPS) is 19.4. The number of rotatable bonds is 3. The van der Waals surface area contributed by atoms with Gasteiger partial charge in [0.1, 0.15) is 0 Å². The van der Waals surface area contributed by atoms with Crippen molar-refractivity contribution in [3.05, 3.63) is 35.0 Å². The maximum atomic E-state index is 13.0. The first-order valence-corrected chi connectivity index (χ1v) is 9.62. The summed E-state index contributed by atoms with van der Waals surface area (Å²) in [5.74, 6) is 1.12. The van der Waals surface area contributed by atoms with Crippen LogP contribution in [0, 0.1) is 19.8 Å². The zero-order chi connectivity index (χ0) is 17.6. The fraction of sp³-hybridized carbons (Fsp3) is 0.571. The fourth-order valence-corrected chi connectivity index (χ4v) is 4.09. The number of amides is 1. The second kappa shape index (κ2) is 6.49. The van der Waals surface area contributed by atoms with Gasteiger partial charge in [0.05, 0.1) is 0 Å². The van der Waals surface area contributed by atoms with Gasteiger partial charge in [-0.25, -0.2) is 0 Å². The number of carbonyl (C=O) groups excluding carboxylic acids is 1. The van der Waals surface area contributed by atoms with Crippen LogP contribution in [0.3, 0.4) is 0 Å². The maximum absolute atomic E-state index is 13.0. The van der Waals surface area contributed by atoms with E-state index in [-0.39, 0.29) is 5.91 Å². The van der Waals surface area contributed by atoms with E-state index in [4.69, 9.17) is 0 Å². The van der Waals surface area contributed by atoms with Gasteiger partial charge in [-0.15, -0.1) is 0 Å². The Morgan fingerprint density at radius 1 is 1.12 bits per heavy atom. The van der Waals surface area contributed by atoms with Crippen LogP contribution in [-0.2, 0) is 7.05 Å². The van der Waals surface area contributed by atoms with Crippen molar-refractivity contribution in [2.75, 3.05) is 32.7 Å². The number of benzene rings is 1. The summed E-state index contributed by atoms with van der Waals surface area (Å²) in [5.41, 5.74) is 4.58. The van der Waals surface area contributed by atoms with Crippen LogP contribution in [0.2, 0.25) is 0 Å². The first kappa shape index (κ1) is 16.6. The molecule has 25 heavy (non-hydrogen) atoms. The van der Waals surface area contributed by atoms with E-state index in [1.807, 2.05) is 6.07 Å². The maximum Gasteiger partial charge on any atom is 0.253 e. The summed E-state index contributed by atoms with van der Waals surface area (Å²) >= 11 is 0. The van der Waals surface area contributed by atoms with Crippen LogP contribution in [0.1, 0.15) is 40.9 Å². The first-order valence-electron chi connectivity index (χ1n) is 9.62. The first-order chi connectivity index (χ1) is 12.0. The van der Waals surface area contributed by atoms with Crippen molar-refractivity contribution < 1.29 is 4.79 Å². The molecule has 1 aromatic heterocycles. The summed E-state index contributed by atoms with van der Waals surface area (Å²) in [6, 6.07) is 6.18. The van der Waals surface area contributed by atoms with Crippen molar-refractivity contribution in [3.63, 3.8) is 0 Å². The minimum Gasteiger partial charge on any atom is -0.348 e. The molecular formula is C21H29N3O. The average Bonchev–Trinajstić information content (AvgIpc) is 3.44. The van der Waals surface area contributed by atoms with Gasteiger partial charge >= 0.3 is 0 Å². The van der Waals surface area contributed by atoms with Crippen LogP contribution in [0.15, 0.2) is 18.2 Å². The van der Waals surface area contributed by atoms with Crippen molar-refractivity contribution in [2.45, 2.75) is 33.1 Å². The van der Waals surface area contributed by atoms with E-state index in [2.05, 4.69) is 47.4 Å². The molecule has 2 fully saturated rings. The zero-order valence-corrected chi connectivity index (χ0v) is 15.7. The molecule has 4 heteroatoms. The van der Waals surface area contributed by atoms with Gasteiger partial charge in [-0.3, -0.25) is 4.79 Å². The molecule has 0 spiro atoms. The molecule has 0 unspecified atom stereocenters. The molecule has 1 saturated carbocycles. The molecule has 1 aliphatic heterocycles. The summed E-state index contributed by atoms with van der Waals surface area (Å²) < 4.78 is 2.21. The Bertz CT molecular complexity index is 803. The van der Waals surface area contributed by atoms with E-state index in [0.29, 0.717) is 0 Å². The van der Waals surface area contributed by atoms with Crippen LogP contribution < -0.4 is 0 Å². The molecule has 1 saturated heterocycles. The Labute approximate surface area is 150 Å². The van der Waals surface area contributed by atoms with E-state index in [1.165, 1.54) is 41.5 Å². The monoisotopic (exact) mass is 339 g/mol. The van der Waals surface area contributed by atoms with Crippen molar-refractivity contribution in [3.8, 4) is 0 Å². The molecule has 2 aliphatic rings. The minimum absolute atomic E-state index is 0.191. The third-order valence-electron chi connectivity index (χ3n) is 6.14. The topological polar surface area (TPSA) is 28.5 Å². The van der Waals surface area contributed by atoms with Gasteiger partial charge in [0.2, 0.25) is 0 Å². The molecule has 1 aromatic carbocycles. The van der Waals surface area contributed by atoms with E-state index in [9.17, 15) is 4.79 Å². The molecule has 0 bridgehead atoms. The largest absolute Gasteiger partial charge is 0.348 e. The second-order valence-corrected chi connectivity index (χ2v) is 7.89. The number of aryl methyl sites for hydroxylation is 2. The summed E-state index contributed by atoms with van der Waals surface area (Å²) in [5, 5.41) is 1.20. The molecule has 2 aromatic rings. The lowest BCUT2D eigenvalue weighted by atomic mass is 10.1. The lowest BCUT2D eigenvalue weighted by molar-refractivity contribution is 0.0761. The highest BCUT2D eigenvalue weighted by atomic mass is 16.2. The van der Waals surface area contributed by atoms with Crippen molar-refractivity contribution in [1.29, 1.82) is 0 Å². The minimum atomic E-state index is 0.191. The molecule has 0 N–H and O–H groups in total. The summed E-state index contributed by atoms with van der Waals surface area (Å²) in [6.45, 7) is 9.41. The number of fused-ring (bicyclic) bond motifs is 1. The van der Waals surface area contributed by atoms with Gasteiger partial charge in [-0.2, -0.15) is 0 Å². The third-order valence-corrected chi connectivity index (χ3v) is 6.14. The van der Waals surface area contributed by atoms with Crippen LogP contribution in [0.25, 0.3) is 10.9 Å². The van der Waals surface area contributed by atoms with E-state index >= 15 is 0 Å².